The molecule has 11 rings (SSSR count). The molecular weight excluding hydrogens is 1230 g/mol. The van der Waals surface area contributed by atoms with Gasteiger partial charge in [0.25, 0.3) is 0 Å². The van der Waals surface area contributed by atoms with Gasteiger partial charge in [-0.05, 0) is 205 Å². The first kappa shape index (κ1) is 66.3. The Morgan fingerprint density at radius 3 is 1.30 bits per heavy atom. The van der Waals surface area contributed by atoms with Crippen LogP contribution in [0.5, 0.6) is 0 Å². The van der Waals surface area contributed by atoms with Gasteiger partial charge in [-0.25, -0.2) is 0 Å². The van der Waals surface area contributed by atoms with Crippen molar-refractivity contribution in [2.75, 3.05) is 27.4 Å². The van der Waals surface area contributed by atoms with Crippen LogP contribution in [0.3, 0.4) is 0 Å². The molecule has 415 valence electrons. The SMILES string of the molecule is C=C1CCC(C)C1.CC1CCC(CO)C1.CC1CCC(CO)C1.CC1CCC2(C1)CC2(Br)Br.CC1CCC2(C1)CC2Br.CC1CCC2(C=C2)C1.COC(=O)C1CCC(C)C1.COC(=O)C1CCC(O)C1.[Tb]. The summed E-state index contributed by atoms with van der Waals surface area (Å²) >= 11 is 11.1. The number of allylic oxidation sites excluding steroid dienone is 3. The summed E-state index contributed by atoms with van der Waals surface area (Å²) in [5, 5.41) is 26.4. The van der Waals surface area contributed by atoms with Gasteiger partial charge in [0.2, 0.25) is 0 Å². The average molecular weight is 1340 g/mol. The summed E-state index contributed by atoms with van der Waals surface area (Å²) in [6.45, 7) is 20.8. The summed E-state index contributed by atoms with van der Waals surface area (Å²) in [7, 11) is 2.85. The molecule has 0 aliphatic heterocycles. The van der Waals surface area contributed by atoms with Crippen LogP contribution in [-0.2, 0) is 19.1 Å². The minimum Gasteiger partial charge on any atom is -0.469 e. The van der Waals surface area contributed by atoms with E-state index in [9.17, 15) is 9.59 Å². The molecule has 0 amide bonds. The molecule has 0 saturated heterocycles. The smallest absolute Gasteiger partial charge is 0.308 e. The molecule has 15 atom stereocenters. The number of esters is 2. The molecular formula is C60H103Br3O7Tb. The molecule has 3 N–H and O–H groups in total. The molecule has 71 heavy (non-hydrogen) atoms. The number of ether oxygens (including phenoxy) is 2. The Balaban J connectivity index is 0.000000215. The summed E-state index contributed by atoms with van der Waals surface area (Å²) in [5.74, 6) is 7.52. The van der Waals surface area contributed by atoms with Crippen LogP contribution in [-0.4, -0.2) is 68.9 Å². The molecule has 0 bridgehead atoms. The van der Waals surface area contributed by atoms with Crippen LogP contribution in [0.15, 0.2) is 24.3 Å². The Hall–Kier alpha value is 1.03. The van der Waals surface area contributed by atoms with Crippen LogP contribution in [0.25, 0.3) is 0 Å². The van der Waals surface area contributed by atoms with Gasteiger partial charge in [-0.15, -0.1) is 0 Å². The van der Waals surface area contributed by atoms with E-state index in [0.717, 1.165) is 71.4 Å². The minimum absolute atomic E-state index is 0. The van der Waals surface area contributed by atoms with Gasteiger partial charge in [0, 0.05) is 62.1 Å². The van der Waals surface area contributed by atoms with Crippen molar-refractivity contribution in [2.24, 2.45) is 81.3 Å². The van der Waals surface area contributed by atoms with Gasteiger partial charge in [0.1, 0.15) is 0 Å². The first-order chi connectivity index (χ1) is 33.0. The fourth-order valence-corrected chi connectivity index (χ4v) is 16.2. The fraction of sp³-hybridized carbons (Fsp3) is 0.900. The molecule has 3 spiro atoms. The number of aliphatic hydroxyl groups excluding tert-OH is 3. The van der Waals surface area contributed by atoms with Crippen LogP contribution in [0, 0.1) is 120 Å². The Kier molecular flexibility index (Phi) is 29.5. The van der Waals surface area contributed by atoms with Crippen molar-refractivity contribution >= 4 is 59.7 Å². The maximum atomic E-state index is 10.9. The molecule has 11 aliphatic carbocycles. The van der Waals surface area contributed by atoms with Crippen LogP contribution >= 0.6 is 47.8 Å². The second-order valence-corrected chi connectivity index (χ2v) is 30.5. The Morgan fingerprint density at radius 2 is 1.07 bits per heavy atom. The van der Waals surface area contributed by atoms with Crippen molar-refractivity contribution in [3.63, 3.8) is 0 Å². The van der Waals surface area contributed by atoms with Crippen LogP contribution in [0.1, 0.15) is 215 Å². The number of alkyl halides is 3. The molecule has 0 heterocycles. The summed E-state index contributed by atoms with van der Waals surface area (Å²) in [6, 6.07) is 0. The number of halogens is 3. The zero-order valence-corrected chi connectivity index (χ0v) is 53.0. The molecule has 11 aliphatic rings. The van der Waals surface area contributed by atoms with E-state index in [-0.39, 0.29) is 68.5 Å². The summed E-state index contributed by atoms with van der Waals surface area (Å²) in [4.78, 5) is 22.6. The Bertz CT molecular complexity index is 1570. The third-order valence-electron chi connectivity index (χ3n) is 18.4. The Morgan fingerprint density at radius 1 is 0.606 bits per heavy atom. The van der Waals surface area contributed by atoms with Gasteiger partial charge in [0.05, 0.1) is 35.4 Å². The largest absolute Gasteiger partial charge is 0.469 e. The molecule has 7 nitrogen and oxygen atoms in total. The molecule has 1 radical (unpaired) electrons. The van der Waals surface area contributed by atoms with Crippen LogP contribution < -0.4 is 0 Å². The van der Waals surface area contributed by atoms with Crippen LogP contribution in [0.4, 0.5) is 0 Å². The van der Waals surface area contributed by atoms with Gasteiger partial charge < -0.3 is 24.8 Å². The van der Waals surface area contributed by atoms with E-state index < -0.39 is 0 Å². The van der Waals surface area contributed by atoms with E-state index in [1.807, 2.05) is 0 Å². The van der Waals surface area contributed by atoms with E-state index in [0.29, 0.717) is 51.5 Å². The second-order valence-electron chi connectivity index (χ2n) is 25.7. The quantitative estimate of drug-likeness (QED) is 0.146. The number of methoxy groups -OCH3 is 2. The second kappa shape index (κ2) is 31.6. The fourth-order valence-electron chi connectivity index (χ4n) is 13.3. The third-order valence-corrected chi connectivity index (χ3v) is 22.0. The molecule has 11 heteroatoms. The predicted molar refractivity (Wildman–Crippen MR) is 301 cm³/mol. The normalized spacial score (nSPS) is 39.4. The maximum Gasteiger partial charge on any atom is 0.308 e. The first-order valence-electron chi connectivity index (χ1n) is 28.5. The number of carbonyl (C=O) groups excluding carboxylic acids is 2. The third kappa shape index (κ3) is 22.7. The maximum absolute atomic E-state index is 10.9. The predicted octanol–water partition coefficient (Wildman–Crippen LogP) is 16.1. The number of aliphatic hydroxyl groups is 3. The molecule has 10 saturated carbocycles. The van der Waals surface area contributed by atoms with E-state index in [4.69, 9.17) is 15.3 Å². The van der Waals surface area contributed by atoms with Gasteiger partial charge >= 0.3 is 11.9 Å². The van der Waals surface area contributed by atoms with E-state index >= 15 is 0 Å². The molecule has 0 aromatic rings. The van der Waals surface area contributed by atoms with E-state index in [1.165, 1.54) is 155 Å². The van der Waals surface area contributed by atoms with Crippen molar-refractivity contribution in [1.29, 1.82) is 0 Å². The van der Waals surface area contributed by atoms with Crippen molar-refractivity contribution in [1.82, 2.24) is 0 Å². The summed E-state index contributed by atoms with van der Waals surface area (Å²) in [5.41, 5.74) is 3.55. The van der Waals surface area contributed by atoms with Crippen molar-refractivity contribution in [2.45, 2.75) is 230 Å². The van der Waals surface area contributed by atoms with Crippen molar-refractivity contribution < 1.29 is 73.0 Å². The van der Waals surface area contributed by atoms with Gasteiger partial charge in [-0.2, -0.15) is 0 Å². The van der Waals surface area contributed by atoms with E-state index in [2.05, 4.69) is 124 Å². The van der Waals surface area contributed by atoms with Crippen molar-refractivity contribution in [3.8, 4) is 0 Å². The van der Waals surface area contributed by atoms with Gasteiger partial charge in [-0.1, -0.05) is 146 Å². The standard InChI is InChI=1S/C8H12Br2.C8H13Br.C8H14O2.C8H12.C7H12O3.2C7H14O.C7H12.Tb/c1-6-2-3-7(4-6)5-8(7,9)10;1-6-2-3-8(4-6)5-7(8)9;1-6-3-4-7(5-6)8(9)10-2;1-7-2-3-8(6-7)4-5-8;1-10-7(9)5-2-3-6(8)4-5;2*1-6-2-3-7(4-6)5-8;1-6-3-4-7(2)5-6;/h6H,2-5H2,1H3;6-7H,2-5H2,1H3;6-7H,3-5H2,1-2H3;4-5,7H,2-3,6H2,1H3;5-6,8H,2-4H2,1H3;2*6-8H,2-5H2,1H3;7H,1,3-5H2,2H3;. The molecule has 0 aromatic carbocycles. The summed E-state index contributed by atoms with van der Waals surface area (Å²) < 4.78 is 9.51. The monoisotopic (exact) mass is 1330 g/mol. The molecule has 10 fully saturated rings. The molecule has 0 aromatic heterocycles. The Labute approximate surface area is 490 Å². The summed E-state index contributed by atoms with van der Waals surface area (Å²) in [6.07, 6.45) is 37.2. The zero-order chi connectivity index (χ0) is 51.9. The van der Waals surface area contributed by atoms with Crippen LogP contribution in [0.2, 0.25) is 0 Å². The minimum atomic E-state index is -0.288. The number of carbonyl (C=O) groups is 2. The molecule has 15 unspecified atom stereocenters. The number of hydrogen-bond acceptors (Lipinski definition) is 7. The zero-order valence-electron chi connectivity index (χ0n) is 46.1. The first-order valence-corrected chi connectivity index (χ1v) is 31.0. The number of rotatable bonds is 4. The van der Waals surface area contributed by atoms with E-state index in [1.54, 1.807) is 0 Å². The number of hydrogen-bond donors (Lipinski definition) is 3. The average Bonchev–Trinajstić information content (AvgIpc) is 3.85. The van der Waals surface area contributed by atoms with Crippen molar-refractivity contribution in [3.05, 3.63) is 24.3 Å². The topological polar surface area (TPSA) is 113 Å². The van der Waals surface area contributed by atoms with Gasteiger partial charge in [0.15, 0.2) is 0 Å². The van der Waals surface area contributed by atoms with Gasteiger partial charge in [-0.3, -0.25) is 9.59 Å².